The van der Waals surface area contributed by atoms with Crippen LogP contribution in [0.1, 0.15) is 34.1 Å². The van der Waals surface area contributed by atoms with Crippen molar-refractivity contribution in [3.63, 3.8) is 0 Å². The number of ether oxygens (including phenoxy) is 2. The van der Waals surface area contributed by atoms with E-state index in [2.05, 4.69) is 0 Å². The smallest absolute Gasteiger partial charge is 0.196 e. The third kappa shape index (κ3) is 1.71. The fourth-order valence-electron chi connectivity index (χ4n) is 2.65. The first-order valence-electron chi connectivity index (χ1n) is 6.23. The van der Waals surface area contributed by atoms with Crippen LogP contribution >= 0.6 is 0 Å². The summed E-state index contributed by atoms with van der Waals surface area (Å²) in [5.41, 5.74) is 1.90. The molecule has 3 rings (SSSR count). The molecule has 0 saturated carbocycles. The molecular weight excluding hydrogens is 244 g/mol. The molecule has 1 aromatic carbocycles. The molecule has 0 unspecified atom stereocenters. The first kappa shape index (κ1) is 12.1. The maximum atomic E-state index is 12.5. The molecule has 98 valence electrons. The van der Waals surface area contributed by atoms with E-state index in [1.165, 1.54) is 7.11 Å². The summed E-state index contributed by atoms with van der Waals surface area (Å²) in [6.07, 6.45) is 0.471. The van der Waals surface area contributed by atoms with E-state index < -0.39 is 0 Å². The van der Waals surface area contributed by atoms with Crippen LogP contribution in [-0.4, -0.2) is 31.4 Å². The highest BCUT2D eigenvalue weighted by atomic mass is 16.5. The molecule has 1 atom stereocenters. The zero-order chi connectivity index (χ0) is 13.6. The highest BCUT2D eigenvalue weighted by Gasteiger charge is 2.37. The topological polar surface area (TPSA) is 52.6 Å². The molecule has 0 saturated heterocycles. The highest BCUT2D eigenvalue weighted by Crippen LogP contribution is 2.36. The molecule has 0 bridgehead atoms. The SMILES string of the molecule is COc1cccc2c1C(=O)C1=C(C[C@H](C)OC1)C2=O. The molecule has 19 heavy (non-hydrogen) atoms. The van der Waals surface area contributed by atoms with Gasteiger partial charge in [0.05, 0.1) is 25.4 Å². The fourth-order valence-corrected chi connectivity index (χ4v) is 2.65. The number of hydrogen-bond acceptors (Lipinski definition) is 4. The lowest BCUT2D eigenvalue weighted by Crippen LogP contribution is -2.31. The van der Waals surface area contributed by atoms with Crippen LogP contribution in [0.2, 0.25) is 0 Å². The second-order valence-corrected chi connectivity index (χ2v) is 4.82. The van der Waals surface area contributed by atoms with E-state index in [4.69, 9.17) is 9.47 Å². The Balaban J connectivity index is 2.19. The normalized spacial score (nSPS) is 22.1. The van der Waals surface area contributed by atoms with Gasteiger partial charge in [0.25, 0.3) is 0 Å². The molecule has 1 aromatic rings. The summed E-state index contributed by atoms with van der Waals surface area (Å²) < 4.78 is 10.7. The van der Waals surface area contributed by atoms with E-state index >= 15 is 0 Å². The monoisotopic (exact) mass is 258 g/mol. The van der Waals surface area contributed by atoms with Gasteiger partial charge in [-0.05, 0) is 13.0 Å². The zero-order valence-electron chi connectivity index (χ0n) is 10.9. The second kappa shape index (κ2) is 4.31. The van der Waals surface area contributed by atoms with Gasteiger partial charge in [-0.15, -0.1) is 0 Å². The van der Waals surface area contributed by atoms with E-state index in [1.807, 2.05) is 6.92 Å². The summed E-state index contributed by atoms with van der Waals surface area (Å²) in [4.78, 5) is 25.0. The Bertz CT molecular complexity index is 613. The molecule has 0 radical (unpaired) electrons. The summed E-state index contributed by atoms with van der Waals surface area (Å²) in [6.45, 7) is 2.11. The van der Waals surface area contributed by atoms with Crippen LogP contribution in [0.15, 0.2) is 29.3 Å². The Morgan fingerprint density at radius 2 is 2.00 bits per heavy atom. The maximum Gasteiger partial charge on any atom is 0.196 e. The molecule has 4 heteroatoms. The van der Waals surface area contributed by atoms with Gasteiger partial charge in [0.2, 0.25) is 0 Å². The molecular formula is C15H14O4. The standard InChI is InChI=1S/C15H14O4/c1-8-6-10-11(7-19-8)15(17)13-9(14(10)16)4-3-5-12(13)18-2/h3-5,8H,6-7H2,1-2H3/t8-/m0/s1. The molecule has 2 aliphatic rings. The van der Waals surface area contributed by atoms with E-state index in [0.717, 1.165) is 0 Å². The Hall–Kier alpha value is -1.94. The number of hydrogen-bond donors (Lipinski definition) is 0. The summed E-state index contributed by atoms with van der Waals surface area (Å²) in [5.74, 6) is 0.230. The third-order valence-corrected chi connectivity index (χ3v) is 3.63. The summed E-state index contributed by atoms with van der Waals surface area (Å²) >= 11 is 0. The molecule has 0 N–H and O–H groups in total. The van der Waals surface area contributed by atoms with E-state index in [1.54, 1.807) is 18.2 Å². The largest absolute Gasteiger partial charge is 0.496 e. The van der Waals surface area contributed by atoms with Crippen molar-refractivity contribution in [3.8, 4) is 5.75 Å². The lowest BCUT2D eigenvalue weighted by Gasteiger charge is -2.28. The van der Waals surface area contributed by atoms with Crippen LogP contribution in [0.25, 0.3) is 0 Å². The average molecular weight is 258 g/mol. The number of carbonyl (C=O) groups is 2. The number of benzene rings is 1. The molecule has 1 heterocycles. The van der Waals surface area contributed by atoms with Crippen LogP contribution in [0.5, 0.6) is 5.75 Å². The van der Waals surface area contributed by atoms with Gasteiger partial charge in [-0.25, -0.2) is 0 Å². The Labute approximate surface area is 111 Å². The minimum Gasteiger partial charge on any atom is -0.496 e. The van der Waals surface area contributed by atoms with Gasteiger partial charge in [0.1, 0.15) is 5.75 Å². The fraction of sp³-hybridized carbons (Fsp3) is 0.333. The van der Waals surface area contributed by atoms with Gasteiger partial charge in [-0.3, -0.25) is 9.59 Å². The molecule has 0 fully saturated rings. The van der Waals surface area contributed by atoms with Crippen LogP contribution < -0.4 is 4.74 Å². The number of ketones is 2. The van der Waals surface area contributed by atoms with Crippen LogP contribution in [-0.2, 0) is 4.74 Å². The van der Waals surface area contributed by atoms with Crippen LogP contribution in [0.3, 0.4) is 0 Å². The van der Waals surface area contributed by atoms with Gasteiger partial charge in [0, 0.05) is 23.1 Å². The highest BCUT2D eigenvalue weighted by molar-refractivity contribution is 6.28. The van der Waals surface area contributed by atoms with Crippen LogP contribution in [0, 0.1) is 0 Å². The van der Waals surface area contributed by atoms with Crippen molar-refractivity contribution in [1.29, 1.82) is 0 Å². The number of carbonyl (C=O) groups excluding carboxylic acids is 2. The predicted octanol–water partition coefficient (Wildman–Crippen LogP) is 2.18. The predicted molar refractivity (Wildman–Crippen MR) is 68.7 cm³/mol. The molecule has 0 amide bonds. The van der Waals surface area contributed by atoms with E-state index in [0.29, 0.717) is 34.4 Å². The quantitative estimate of drug-likeness (QED) is 0.774. The third-order valence-electron chi connectivity index (χ3n) is 3.63. The van der Waals surface area contributed by atoms with Gasteiger partial charge in [0.15, 0.2) is 11.6 Å². The van der Waals surface area contributed by atoms with Crippen molar-refractivity contribution in [2.45, 2.75) is 19.4 Å². The average Bonchev–Trinajstić information content (AvgIpc) is 2.43. The number of fused-ring (bicyclic) bond motifs is 1. The number of rotatable bonds is 1. The van der Waals surface area contributed by atoms with Crippen LogP contribution in [0.4, 0.5) is 0 Å². The second-order valence-electron chi connectivity index (χ2n) is 4.82. The molecule has 4 nitrogen and oxygen atoms in total. The minimum atomic E-state index is -0.144. The Kier molecular flexibility index (Phi) is 2.75. The van der Waals surface area contributed by atoms with Crippen molar-refractivity contribution in [3.05, 3.63) is 40.5 Å². The summed E-state index contributed by atoms with van der Waals surface area (Å²) in [7, 11) is 1.50. The van der Waals surface area contributed by atoms with Gasteiger partial charge < -0.3 is 9.47 Å². The molecule has 1 aliphatic heterocycles. The Morgan fingerprint density at radius 3 is 2.74 bits per heavy atom. The van der Waals surface area contributed by atoms with E-state index in [9.17, 15) is 9.59 Å². The summed E-state index contributed by atoms with van der Waals surface area (Å²) in [6, 6.07) is 5.11. The number of Topliss-reactive ketones (excluding diaryl/α,β-unsaturated/α-hetero) is 2. The minimum absolute atomic E-state index is 0.0253. The zero-order valence-corrected chi connectivity index (χ0v) is 10.9. The van der Waals surface area contributed by atoms with Crippen molar-refractivity contribution >= 4 is 11.6 Å². The lowest BCUT2D eigenvalue weighted by atomic mass is 9.81. The first-order valence-corrected chi connectivity index (χ1v) is 6.23. The van der Waals surface area contributed by atoms with Gasteiger partial charge >= 0.3 is 0 Å². The van der Waals surface area contributed by atoms with Crippen molar-refractivity contribution in [2.75, 3.05) is 13.7 Å². The molecule has 0 aromatic heterocycles. The van der Waals surface area contributed by atoms with Gasteiger partial charge in [-0.1, -0.05) is 12.1 Å². The van der Waals surface area contributed by atoms with Crippen molar-refractivity contribution in [1.82, 2.24) is 0 Å². The van der Waals surface area contributed by atoms with E-state index in [-0.39, 0.29) is 24.3 Å². The van der Waals surface area contributed by atoms with Crippen molar-refractivity contribution in [2.24, 2.45) is 0 Å². The Morgan fingerprint density at radius 1 is 1.21 bits per heavy atom. The van der Waals surface area contributed by atoms with Crippen molar-refractivity contribution < 1.29 is 19.1 Å². The first-order chi connectivity index (χ1) is 9.13. The summed E-state index contributed by atoms with van der Waals surface area (Å²) in [5, 5.41) is 0. The number of methoxy groups -OCH3 is 1. The maximum absolute atomic E-state index is 12.5. The molecule has 0 spiro atoms. The van der Waals surface area contributed by atoms with Gasteiger partial charge in [-0.2, -0.15) is 0 Å². The lowest BCUT2D eigenvalue weighted by molar-refractivity contribution is 0.0615. The molecule has 1 aliphatic carbocycles.